The van der Waals surface area contributed by atoms with Crippen LogP contribution in [0.1, 0.15) is 24.8 Å². The summed E-state index contributed by atoms with van der Waals surface area (Å²) in [5.41, 5.74) is 0.492. The van der Waals surface area contributed by atoms with E-state index in [1.165, 1.54) is 24.3 Å². The first-order chi connectivity index (χ1) is 11.3. The number of sulfone groups is 1. The highest BCUT2D eigenvalue weighted by Crippen LogP contribution is 2.44. The molecule has 0 spiro atoms. The van der Waals surface area contributed by atoms with Gasteiger partial charge in [-0.15, -0.1) is 0 Å². The van der Waals surface area contributed by atoms with Gasteiger partial charge in [0.2, 0.25) is 5.91 Å². The summed E-state index contributed by atoms with van der Waals surface area (Å²) in [5.74, 6) is -0.546. The lowest BCUT2D eigenvalue weighted by Crippen LogP contribution is -2.46. The van der Waals surface area contributed by atoms with Gasteiger partial charge in [-0.05, 0) is 54.8 Å². The van der Waals surface area contributed by atoms with Gasteiger partial charge in [0.15, 0.2) is 9.84 Å². The average molecular weight is 347 g/mol. The zero-order valence-electron chi connectivity index (χ0n) is 13.3. The zero-order chi connectivity index (χ0) is 17.4. The minimum atomic E-state index is -3.27. The molecule has 0 aromatic heterocycles. The maximum Gasteiger partial charge on any atom is 0.235 e. The molecule has 0 unspecified atom stereocenters. The van der Waals surface area contributed by atoms with E-state index in [-0.39, 0.29) is 16.6 Å². The highest BCUT2D eigenvalue weighted by Gasteiger charge is 2.45. The van der Waals surface area contributed by atoms with Crippen LogP contribution in [0.3, 0.4) is 0 Å². The van der Waals surface area contributed by atoms with Gasteiger partial charge in [-0.3, -0.25) is 4.79 Å². The molecule has 4 nitrogen and oxygen atoms in total. The molecule has 2 aromatic rings. The van der Waals surface area contributed by atoms with Crippen molar-refractivity contribution >= 4 is 21.4 Å². The van der Waals surface area contributed by atoms with Crippen molar-refractivity contribution < 1.29 is 17.6 Å². The molecule has 3 rings (SSSR count). The summed E-state index contributed by atoms with van der Waals surface area (Å²) in [6, 6.07) is 12.2. The van der Waals surface area contributed by atoms with Crippen molar-refractivity contribution in [2.75, 3.05) is 11.6 Å². The van der Waals surface area contributed by atoms with Crippen molar-refractivity contribution in [1.29, 1.82) is 0 Å². The Morgan fingerprint density at radius 1 is 1.12 bits per heavy atom. The SMILES string of the molecule is CS(=O)(=O)c1ccc(NC(=O)C2(c3cccc(F)c3)CCC2)cc1. The molecule has 1 aliphatic rings. The summed E-state index contributed by atoms with van der Waals surface area (Å²) in [6.45, 7) is 0. The van der Waals surface area contributed by atoms with Gasteiger partial charge in [0.1, 0.15) is 5.82 Å². The van der Waals surface area contributed by atoms with Crippen LogP contribution in [0, 0.1) is 5.82 Å². The molecule has 24 heavy (non-hydrogen) atoms. The molecular formula is C18H18FNO3S. The fraction of sp³-hybridized carbons (Fsp3) is 0.278. The molecule has 1 saturated carbocycles. The van der Waals surface area contributed by atoms with E-state index in [9.17, 15) is 17.6 Å². The van der Waals surface area contributed by atoms with Crippen LogP contribution in [0.5, 0.6) is 0 Å². The Morgan fingerprint density at radius 2 is 1.79 bits per heavy atom. The number of carbonyl (C=O) groups is 1. The maximum absolute atomic E-state index is 13.5. The number of nitrogens with one attached hydrogen (secondary N) is 1. The van der Waals surface area contributed by atoms with Gasteiger partial charge < -0.3 is 5.32 Å². The first-order valence-electron chi connectivity index (χ1n) is 7.69. The molecule has 6 heteroatoms. The number of hydrogen-bond donors (Lipinski definition) is 1. The fourth-order valence-electron chi connectivity index (χ4n) is 3.00. The third-order valence-corrected chi connectivity index (χ3v) is 5.69. The topological polar surface area (TPSA) is 63.2 Å². The maximum atomic E-state index is 13.5. The van der Waals surface area contributed by atoms with Gasteiger partial charge in [-0.2, -0.15) is 0 Å². The van der Waals surface area contributed by atoms with Crippen LogP contribution in [-0.4, -0.2) is 20.6 Å². The van der Waals surface area contributed by atoms with Crippen molar-refractivity contribution in [3.8, 4) is 0 Å². The van der Waals surface area contributed by atoms with Gasteiger partial charge >= 0.3 is 0 Å². The minimum Gasteiger partial charge on any atom is -0.325 e. The lowest BCUT2D eigenvalue weighted by atomic mass is 9.63. The molecule has 0 bridgehead atoms. The number of hydrogen-bond acceptors (Lipinski definition) is 3. The van der Waals surface area contributed by atoms with Crippen LogP contribution >= 0.6 is 0 Å². The smallest absolute Gasteiger partial charge is 0.235 e. The average Bonchev–Trinajstić information content (AvgIpc) is 2.46. The van der Waals surface area contributed by atoms with Gasteiger partial charge in [0, 0.05) is 11.9 Å². The van der Waals surface area contributed by atoms with Crippen LogP contribution in [0.15, 0.2) is 53.4 Å². The van der Waals surface area contributed by atoms with E-state index in [1.54, 1.807) is 24.3 Å². The second-order valence-electron chi connectivity index (χ2n) is 6.20. The largest absolute Gasteiger partial charge is 0.325 e. The Bertz CT molecular complexity index is 871. The number of benzene rings is 2. The highest BCUT2D eigenvalue weighted by atomic mass is 32.2. The summed E-state index contributed by atoms with van der Waals surface area (Å²) in [7, 11) is -3.27. The third-order valence-electron chi connectivity index (χ3n) is 4.56. The van der Waals surface area contributed by atoms with Crippen LogP contribution in [-0.2, 0) is 20.0 Å². The molecule has 1 N–H and O–H groups in total. The van der Waals surface area contributed by atoms with Gasteiger partial charge in [-0.25, -0.2) is 12.8 Å². The summed E-state index contributed by atoms with van der Waals surface area (Å²) < 4.78 is 36.5. The Hall–Kier alpha value is -2.21. The van der Waals surface area contributed by atoms with Crippen LogP contribution in [0.4, 0.5) is 10.1 Å². The third kappa shape index (κ3) is 3.06. The van der Waals surface area contributed by atoms with Crippen LogP contribution in [0.2, 0.25) is 0 Å². The molecule has 0 heterocycles. The number of amides is 1. The molecular weight excluding hydrogens is 329 g/mol. The highest BCUT2D eigenvalue weighted by molar-refractivity contribution is 7.90. The first-order valence-corrected chi connectivity index (χ1v) is 9.58. The number of halogens is 1. The standard InChI is InChI=1S/C18H18FNO3S/c1-24(22,23)16-8-6-15(7-9-16)20-17(21)18(10-3-11-18)13-4-2-5-14(19)12-13/h2,4-9,12H,3,10-11H2,1H3,(H,20,21). The molecule has 2 aromatic carbocycles. The molecule has 0 saturated heterocycles. The molecule has 0 aliphatic heterocycles. The predicted molar refractivity (Wildman–Crippen MR) is 90.1 cm³/mol. The Balaban J connectivity index is 1.83. The Labute approximate surface area is 140 Å². The van der Waals surface area contributed by atoms with Crippen molar-refractivity contribution in [1.82, 2.24) is 0 Å². The molecule has 0 radical (unpaired) electrons. The lowest BCUT2D eigenvalue weighted by Gasteiger charge is -2.40. The van der Waals surface area contributed by atoms with Gasteiger partial charge in [-0.1, -0.05) is 18.6 Å². The van der Waals surface area contributed by atoms with E-state index in [1.807, 2.05) is 0 Å². The summed E-state index contributed by atoms with van der Waals surface area (Å²) in [5, 5.41) is 2.83. The van der Waals surface area contributed by atoms with Gasteiger partial charge in [0.25, 0.3) is 0 Å². The number of carbonyl (C=O) groups excluding carboxylic acids is 1. The first kappa shape index (κ1) is 16.6. The predicted octanol–water partition coefficient (Wildman–Crippen LogP) is 3.29. The minimum absolute atomic E-state index is 0.188. The summed E-state index contributed by atoms with van der Waals surface area (Å²) >= 11 is 0. The number of anilines is 1. The monoisotopic (exact) mass is 347 g/mol. The lowest BCUT2D eigenvalue weighted by molar-refractivity contribution is -0.124. The Morgan fingerprint density at radius 3 is 2.29 bits per heavy atom. The second-order valence-corrected chi connectivity index (χ2v) is 8.21. The summed E-state index contributed by atoms with van der Waals surface area (Å²) in [4.78, 5) is 13.0. The zero-order valence-corrected chi connectivity index (χ0v) is 14.1. The van der Waals surface area contributed by atoms with E-state index in [2.05, 4.69) is 5.32 Å². The molecule has 1 aliphatic carbocycles. The second kappa shape index (κ2) is 6.02. The number of rotatable bonds is 4. The van der Waals surface area contributed by atoms with E-state index >= 15 is 0 Å². The van der Waals surface area contributed by atoms with Crippen LogP contribution in [0.25, 0.3) is 0 Å². The van der Waals surface area contributed by atoms with Crippen molar-refractivity contribution in [2.24, 2.45) is 0 Å². The fourth-order valence-corrected chi connectivity index (χ4v) is 3.63. The van der Waals surface area contributed by atoms with E-state index in [0.717, 1.165) is 12.7 Å². The summed E-state index contributed by atoms with van der Waals surface area (Å²) in [6.07, 6.45) is 3.39. The van der Waals surface area contributed by atoms with Crippen molar-refractivity contribution in [2.45, 2.75) is 29.6 Å². The van der Waals surface area contributed by atoms with Crippen LogP contribution < -0.4 is 5.32 Å². The quantitative estimate of drug-likeness (QED) is 0.923. The molecule has 0 atom stereocenters. The van der Waals surface area contributed by atoms with Crippen molar-refractivity contribution in [3.05, 3.63) is 59.9 Å². The van der Waals surface area contributed by atoms with Gasteiger partial charge in [0.05, 0.1) is 10.3 Å². The van der Waals surface area contributed by atoms with E-state index in [0.29, 0.717) is 24.1 Å². The molecule has 1 amide bonds. The Kier molecular flexibility index (Phi) is 4.17. The normalized spacial score (nSPS) is 16.2. The molecule has 126 valence electrons. The molecule has 1 fully saturated rings. The van der Waals surface area contributed by atoms with Crippen molar-refractivity contribution in [3.63, 3.8) is 0 Å². The van der Waals surface area contributed by atoms with E-state index < -0.39 is 15.3 Å². The van der Waals surface area contributed by atoms with E-state index in [4.69, 9.17) is 0 Å².